The van der Waals surface area contributed by atoms with E-state index in [9.17, 15) is 4.39 Å². The Kier molecular flexibility index (Phi) is 1.36. The van der Waals surface area contributed by atoms with Gasteiger partial charge in [-0.1, -0.05) is 18.2 Å². The van der Waals surface area contributed by atoms with Gasteiger partial charge < -0.3 is 4.98 Å². The molecule has 1 N–H and O–H groups in total. The monoisotopic (exact) mass is 186 g/mol. The number of fused-ring (bicyclic) bond motifs is 3. The van der Waals surface area contributed by atoms with Gasteiger partial charge in [0.2, 0.25) is 5.95 Å². The molecule has 0 fully saturated rings. The van der Waals surface area contributed by atoms with Crippen LogP contribution in [0.15, 0.2) is 36.4 Å². The molecule has 0 saturated carbocycles. The number of aromatic amines is 1. The third kappa shape index (κ3) is 0.923. The average molecular weight is 186 g/mol. The second-order valence-corrected chi connectivity index (χ2v) is 3.20. The van der Waals surface area contributed by atoms with Crippen molar-refractivity contribution in [2.75, 3.05) is 0 Å². The number of pyridine rings is 1. The summed E-state index contributed by atoms with van der Waals surface area (Å²) in [6.07, 6.45) is 0. The number of nitrogens with zero attached hydrogens (tertiary/aromatic N) is 1. The first kappa shape index (κ1) is 7.50. The highest BCUT2D eigenvalue weighted by Crippen LogP contribution is 2.23. The summed E-state index contributed by atoms with van der Waals surface area (Å²) in [5.41, 5.74) is 1.59. The molecule has 0 amide bonds. The van der Waals surface area contributed by atoms with Gasteiger partial charge in [0, 0.05) is 16.3 Å². The lowest BCUT2D eigenvalue weighted by Gasteiger charge is -1.89. The zero-order chi connectivity index (χ0) is 9.54. The Morgan fingerprint density at radius 1 is 1.00 bits per heavy atom. The number of hydrogen-bond donors (Lipinski definition) is 1. The predicted octanol–water partition coefficient (Wildman–Crippen LogP) is 2.86. The summed E-state index contributed by atoms with van der Waals surface area (Å²) in [4.78, 5) is 6.86. The van der Waals surface area contributed by atoms with E-state index in [1.165, 1.54) is 6.07 Å². The Morgan fingerprint density at radius 3 is 2.79 bits per heavy atom. The summed E-state index contributed by atoms with van der Waals surface area (Å²) in [7, 11) is 0. The molecule has 0 atom stereocenters. The summed E-state index contributed by atoms with van der Waals surface area (Å²) >= 11 is 0. The van der Waals surface area contributed by atoms with Gasteiger partial charge in [-0.05, 0) is 18.2 Å². The lowest BCUT2D eigenvalue weighted by atomic mass is 10.2. The fraction of sp³-hybridized carbons (Fsp3) is 0. The average Bonchev–Trinajstić information content (AvgIpc) is 2.54. The topological polar surface area (TPSA) is 28.7 Å². The van der Waals surface area contributed by atoms with Crippen LogP contribution in [0.25, 0.3) is 21.9 Å². The highest BCUT2D eigenvalue weighted by Gasteiger charge is 2.04. The number of nitrogens with one attached hydrogen (secondary N) is 1. The number of H-pyrrole nitrogens is 1. The van der Waals surface area contributed by atoms with E-state index in [1.807, 2.05) is 24.3 Å². The van der Waals surface area contributed by atoms with Crippen molar-refractivity contribution in [3.05, 3.63) is 42.3 Å². The van der Waals surface area contributed by atoms with Gasteiger partial charge in [0.15, 0.2) is 0 Å². The van der Waals surface area contributed by atoms with Crippen molar-refractivity contribution >= 4 is 21.9 Å². The molecule has 0 aliphatic carbocycles. The van der Waals surface area contributed by atoms with Crippen molar-refractivity contribution < 1.29 is 4.39 Å². The Bertz CT molecular complexity index is 613. The first-order valence-corrected chi connectivity index (χ1v) is 4.37. The largest absolute Gasteiger partial charge is 0.339 e. The lowest BCUT2D eigenvalue weighted by Crippen LogP contribution is -1.80. The Balaban J connectivity index is 2.57. The SMILES string of the molecule is Fc1ccc2c(n1)[nH]c1ccccc12. The molecule has 2 nitrogen and oxygen atoms in total. The summed E-state index contributed by atoms with van der Waals surface area (Å²) < 4.78 is 12.8. The summed E-state index contributed by atoms with van der Waals surface area (Å²) in [6, 6.07) is 11.0. The lowest BCUT2D eigenvalue weighted by molar-refractivity contribution is 0.588. The van der Waals surface area contributed by atoms with Crippen LogP contribution in [0.1, 0.15) is 0 Å². The molecule has 3 aromatic rings. The standard InChI is InChI=1S/C11H7FN2/c12-10-6-5-8-7-3-1-2-4-9(7)13-11(8)14-10/h1-6H,(H,13,14). The number of hydrogen-bond acceptors (Lipinski definition) is 1. The van der Waals surface area contributed by atoms with Gasteiger partial charge in [0.25, 0.3) is 0 Å². The molecule has 0 saturated heterocycles. The molecule has 0 bridgehead atoms. The number of para-hydroxylation sites is 1. The van der Waals surface area contributed by atoms with Crippen molar-refractivity contribution in [3.63, 3.8) is 0 Å². The van der Waals surface area contributed by atoms with Crippen molar-refractivity contribution in [1.29, 1.82) is 0 Å². The van der Waals surface area contributed by atoms with Crippen LogP contribution in [-0.4, -0.2) is 9.97 Å². The smallest absolute Gasteiger partial charge is 0.214 e. The van der Waals surface area contributed by atoms with Crippen LogP contribution in [0.5, 0.6) is 0 Å². The highest BCUT2D eigenvalue weighted by atomic mass is 19.1. The molecule has 2 aromatic heterocycles. The molecule has 68 valence electrons. The van der Waals surface area contributed by atoms with Crippen LogP contribution in [0.2, 0.25) is 0 Å². The van der Waals surface area contributed by atoms with E-state index in [4.69, 9.17) is 0 Å². The molecular formula is C11H7FN2. The maximum absolute atomic E-state index is 12.8. The van der Waals surface area contributed by atoms with Gasteiger partial charge in [-0.3, -0.25) is 0 Å². The van der Waals surface area contributed by atoms with Crippen LogP contribution in [0.3, 0.4) is 0 Å². The number of aromatic nitrogens is 2. The Labute approximate surface area is 79.4 Å². The molecule has 2 heterocycles. The molecule has 1 aromatic carbocycles. The number of halogens is 1. The van der Waals surface area contributed by atoms with E-state index in [-0.39, 0.29) is 0 Å². The maximum Gasteiger partial charge on any atom is 0.214 e. The summed E-state index contributed by atoms with van der Waals surface area (Å²) in [5.74, 6) is -0.455. The van der Waals surface area contributed by atoms with Crippen molar-refractivity contribution in [2.45, 2.75) is 0 Å². The van der Waals surface area contributed by atoms with E-state index < -0.39 is 5.95 Å². The van der Waals surface area contributed by atoms with Crippen molar-refractivity contribution in [2.24, 2.45) is 0 Å². The third-order valence-electron chi connectivity index (χ3n) is 2.33. The van der Waals surface area contributed by atoms with E-state index in [0.717, 1.165) is 16.3 Å². The predicted molar refractivity (Wildman–Crippen MR) is 53.6 cm³/mol. The van der Waals surface area contributed by atoms with Crippen LogP contribution in [0, 0.1) is 5.95 Å². The second kappa shape index (κ2) is 2.54. The molecule has 0 aliphatic heterocycles. The normalized spacial score (nSPS) is 11.2. The van der Waals surface area contributed by atoms with Crippen molar-refractivity contribution in [3.8, 4) is 0 Å². The summed E-state index contributed by atoms with van der Waals surface area (Å²) in [6.45, 7) is 0. The van der Waals surface area contributed by atoms with Crippen LogP contribution in [-0.2, 0) is 0 Å². The first-order valence-electron chi connectivity index (χ1n) is 4.37. The third-order valence-corrected chi connectivity index (χ3v) is 2.33. The number of benzene rings is 1. The van der Waals surface area contributed by atoms with E-state index >= 15 is 0 Å². The van der Waals surface area contributed by atoms with Crippen LogP contribution >= 0.6 is 0 Å². The molecule has 0 aliphatic rings. The first-order chi connectivity index (χ1) is 6.84. The minimum absolute atomic E-state index is 0.455. The van der Waals surface area contributed by atoms with E-state index in [2.05, 4.69) is 9.97 Å². The van der Waals surface area contributed by atoms with Gasteiger partial charge in [-0.15, -0.1) is 0 Å². The van der Waals surface area contributed by atoms with Crippen LogP contribution < -0.4 is 0 Å². The molecular weight excluding hydrogens is 179 g/mol. The van der Waals surface area contributed by atoms with Gasteiger partial charge in [-0.25, -0.2) is 4.98 Å². The zero-order valence-corrected chi connectivity index (χ0v) is 7.29. The molecule has 0 spiro atoms. The molecule has 0 unspecified atom stereocenters. The van der Waals surface area contributed by atoms with Gasteiger partial charge in [0.1, 0.15) is 5.65 Å². The van der Waals surface area contributed by atoms with E-state index in [0.29, 0.717) is 5.65 Å². The highest BCUT2D eigenvalue weighted by molar-refractivity contribution is 6.05. The fourth-order valence-corrected chi connectivity index (χ4v) is 1.70. The Morgan fingerprint density at radius 2 is 1.86 bits per heavy atom. The fourth-order valence-electron chi connectivity index (χ4n) is 1.70. The summed E-state index contributed by atoms with van der Waals surface area (Å²) in [5, 5.41) is 2.04. The second-order valence-electron chi connectivity index (χ2n) is 3.20. The molecule has 0 radical (unpaired) electrons. The van der Waals surface area contributed by atoms with Crippen LogP contribution in [0.4, 0.5) is 4.39 Å². The quantitative estimate of drug-likeness (QED) is 0.537. The minimum atomic E-state index is -0.455. The molecule has 14 heavy (non-hydrogen) atoms. The number of rotatable bonds is 0. The molecule has 3 heteroatoms. The minimum Gasteiger partial charge on any atom is -0.339 e. The van der Waals surface area contributed by atoms with Gasteiger partial charge >= 0.3 is 0 Å². The van der Waals surface area contributed by atoms with E-state index in [1.54, 1.807) is 6.07 Å². The zero-order valence-electron chi connectivity index (χ0n) is 7.29. The Hall–Kier alpha value is -1.90. The van der Waals surface area contributed by atoms with Crippen molar-refractivity contribution in [1.82, 2.24) is 9.97 Å². The van der Waals surface area contributed by atoms with Gasteiger partial charge in [-0.2, -0.15) is 4.39 Å². The maximum atomic E-state index is 12.8. The van der Waals surface area contributed by atoms with Gasteiger partial charge in [0.05, 0.1) is 0 Å². The molecule has 3 rings (SSSR count).